The predicted molar refractivity (Wildman–Crippen MR) is 253 cm³/mol. The van der Waals surface area contributed by atoms with E-state index in [1.54, 1.807) is 0 Å². The minimum atomic E-state index is -5.45. The van der Waals surface area contributed by atoms with Gasteiger partial charge in [0.25, 0.3) is 11.8 Å². The van der Waals surface area contributed by atoms with Crippen molar-refractivity contribution >= 4 is 83.2 Å². The van der Waals surface area contributed by atoms with E-state index >= 15 is 0 Å². The average molecular weight is 1050 g/mol. The van der Waals surface area contributed by atoms with Crippen molar-refractivity contribution in [2.24, 2.45) is 11.5 Å². The fourth-order valence-corrected chi connectivity index (χ4v) is 9.52. The van der Waals surface area contributed by atoms with Gasteiger partial charge in [0.1, 0.15) is 51.7 Å². The van der Waals surface area contributed by atoms with Gasteiger partial charge in [-0.25, -0.2) is 27.5 Å². The highest BCUT2D eigenvalue weighted by atomic mass is 32.2. The molecule has 9 rings (SSSR count). The van der Waals surface area contributed by atoms with E-state index in [1.165, 1.54) is 46.3 Å². The van der Waals surface area contributed by atoms with Crippen LogP contribution in [-0.4, -0.2) is 54.0 Å². The second kappa shape index (κ2) is 20.9. The van der Waals surface area contributed by atoms with E-state index in [0.29, 0.717) is 22.9 Å². The second-order valence-corrected chi connectivity index (χ2v) is 20.9. The van der Waals surface area contributed by atoms with E-state index in [-0.39, 0.29) is 36.9 Å². The summed E-state index contributed by atoms with van der Waals surface area (Å²) in [4.78, 5) is 31.5. The Kier molecular flexibility index (Phi) is 15.6. The number of amides is 2. The second-order valence-electron chi connectivity index (χ2n) is 17.2. The molecule has 2 amide bonds. The van der Waals surface area contributed by atoms with Crippen molar-refractivity contribution in [3.63, 3.8) is 0 Å². The van der Waals surface area contributed by atoms with E-state index in [4.69, 9.17) is 30.2 Å². The number of carbonyl (C=O) groups excluding carboxylic acids is 2. The molecule has 24 heteroatoms. The van der Waals surface area contributed by atoms with E-state index in [9.17, 15) is 48.7 Å². The number of nitrogens with two attached hydrogens (primary N) is 2. The van der Waals surface area contributed by atoms with Gasteiger partial charge in [-0.2, -0.15) is 21.6 Å². The minimum Gasteiger partial charge on any atom is -0.483 e. The number of carbonyl (C=O) groups is 2. The van der Waals surface area contributed by atoms with Crippen LogP contribution in [0, 0.1) is 23.3 Å². The Morgan fingerprint density at radius 2 is 1.21 bits per heavy atom. The number of primary amides is 2. The zero-order chi connectivity index (χ0) is 51.6. The lowest BCUT2D eigenvalue weighted by atomic mass is 9.79. The molecule has 0 atom stereocenters. The van der Waals surface area contributed by atoms with Crippen LogP contribution in [0.2, 0.25) is 0 Å². The van der Waals surface area contributed by atoms with Crippen LogP contribution in [0.15, 0.2) is 78.6 Å². The zero-order valence-corrected chi connectivity index (χ0v) is 40.7. The summed E-state index contributed by atoms with van der Waals surface area (Å²) in [7, 11) is -5.95. The first-order chi connectivity index (χ1) is 33.3. The van der Waals surface area contributed by atoms with Gasteiger partial charge in [-0.3, -0.25) is 9.59 Å². The van der Waals surface area contributed by atoms with Crippen LogP contribution in [0.25, 0.3) is 26.0 Å². The number of benzene rings is 4. The number of halogens is 7. The van der Waals surface area contributed by atoms with Crippen molar-refractivity contribution in [1.29, 1.82) is 0 Å². The summed E-state index contributed by atoms with van der Waals surface area (Å²) in [5.74, 6) is -7.27. The molecule has 2 aliphatic carbocycles. The van der Waals surface area contributed by atoms with Crippen molar-refractivity contribution in [3.8, 4) is 11.5 Å². The highest BCUT2D eigenvalue weighted by molar-refractivity contribution is 7.87. The van der Waals surface area contributed by atoms with E-state index in [2.05, 4.69) is 32.4 Å². The molecule has 0 unspecified atom stereocenters. The fourth-order valence-electron chi connectivity index (χ4n) is 7.28. The first-order valence-corrected chi connectivity index (χ1v) is 24.7. The Hall–Kier alpha value is -6.08. The highest BCUT2D eigenvalue weighted by Gasteiger charge is 2.52. The summed E-state index contributed by atoms with van der Waals surface area (Å²) in [5, 5.41) is 1.25. The summed E-state index contributed by atoms with van der Waals surface area (Å²) in [6, 6.07) is 16.0. The maximum Gasteiger partial charge on any atom is 0.534 e. The number of nitrogens with zero attached hydrogens (tertiary/aromatic N) is 2. The van der Waals surface area contributed by atoms with Crippen LogP contribution in [0.1, 0.15) is 103 Å². The Morgan fingerprint density at radius 3 is 1.68 bits per heavy atom. The molecule has 13 nitrogen and oxygen atoms in total. The molecular formula is C47H44BF7N4O9S3. The van der Waals surface area contributed by atoms with Gasteiger partial charge in [0.05, 0.1) is 31.6 Å². The van der Waals surface area contributed by atoms with Crippen LogP contribution in [0.3, 0.4) is 0 Å². The fraction of sp³-hybridized carbons (Fsp3) is 0.319. The van der Waals surface area contributed by atoms with Gasteiger partial charge in [0, 0.05) is 6.42 Å². The number of alkyl halides is 3. The summed E-state index contributed by atoms with van der Waals surface area (Å²) >= 11 is 2.82. The molecule has 0 saturated carbocycles. The smallest absolute Gasteiger partial charge is 0.483 e. The van der Waals surface area contributed by atoms with Crippen LogP contribution in [-0.2, 0) is 36.8 Å². The van der Waals surface area contributed by atoms with Gasteiger partial charge in [0.2, 0.25) is 0 Å². The van der Waals surface area contributed by atoms with Crippen molar-refractivity contribution in [2.45, 2.75) is 96.1 Å². The normalized spacial score (nSPS) is 16.2. The standard InChI is InChI=1S/C21H21BF2N2O4S.C20H16F2N2O2S.C6H7F3O3S/c1-20(2)21(3,4)30-22(29-20)11-5-8-15-13(9-11)26-16(31-15)10-28-14-7-6-12(23)17(18(14)24)19(25)27;21-13-6-7-15(19(22)18(13)20(23)25)26-10-17-24-14-9-12(5-8-16(14)27-17)11-3-1-2-4-11;7-6(8,9)13(10,11)12-5-3-1-2-4-5/h5-9H,10H2,1-4H3,(H2,25,27);3,5-9H,1-2,4,10H2,(H2,23,25);3H,1-2,4H2. The van der Waals surface area contributed by atoms with Crippen molar-refractivity contribution in [1.82, 2.24) is 9.97 Å². The van der Waals surface area contributed by atoms with Gasteiger partial charge in [-0.15, -0.1) is 22.7 Å². The van der Waals surface area contributed by atoms with Crippen LogP contribution >= 0.6 is 22.7 Å². The van der Waals surface area contributed by atoms with Gasteiger partial charge >= 0.3 is 22.7 Å². The Labute approximate surface area is 410 Å². The largest absolute Gasteiger partial charge is 0.534 e. The molecule has 6 aromatic rings. The minimum absolute atomic E-state index is 0.0120. The summed E-state index contributed by atoms with van der Waals surface area (Å²) in [5.41, 5.74) is 7.15. The average Bonchev–Trinajstić information content (AvgIpc) is 4.14. The maximum atomic E-state index is 14.3. The first kappa shape index (κ1) is 52.7. The molecule has 71 heavy (non-hydrogen) atoms. The van der Waals surface area contributed by atoms with Crippen molar-refractivity contribution < 1.29 is 71.7 Å². The first-order valence-electron chi connectivity index (χ1n) is 21.7. The third kappa shape index (κ3) is 12.0. The Morgan fingerprint density at radius 1 is 0.718 bits per heavy atom. The van der Waals surface area contributed by atoms with Gasteiger partial charge in [-0.05, 0) is 131 Å². The monoisotopic (exact) mass is 1050 g/mol. The Bertz CT molecular complexity index is 3180. The molecule has 0 radical (unpaired) electrons. The van der Waals surface area contributed by atoms with E-state index < -0.39 is 80.2 Å². The summed E-state index contributed by atoms with van der Waals surface area (Å²) in [6.45, 7) is 7.91. The lowest BCUT2D eigenvalue weighted by molar-refractivity contribution is -0.0523. The summed E-state index contributed by atoms with van der Waals surface area (Å²) in [6.07, 6.45) is 8.41. The molecular weight excluding hydrogens is 1000 g/mol. The SMILES string of the molecule is CC1(C)OB(c2ccc3sc(COc4ccc(F)c(C(N)=O)c4F)nc3c2)OC1(C)C.NC(=O)c1c(F)ccc(OCc2nc3cc(C4=CCCC4)ccc3s2)c1F.O=S(=O)(OC1=CCCC1)C(F)(F)F. The van der Waals surface area contributed by atoms with E-state index in [0.717, 1.165) is 63.0 Å². The third-order valence-corrected chi connectivity index (χ3v) is 14.7. The molecule has 4 aromatic carbocycles. The van der Waals surface area contributed by atoms with Gasteiger partial charge < -0.3 is 34.4 Å². The van der Waals surface area contributed by atoms with Gasteiger partial charge in [0.15, 0.2) is 23.1 Å². The zero-order valence-electron chi connectivity index (χ0n) is 38.3. The van der Waals surface area contributed by atoms with Gasteiger partial charge in [-0.1, -0.05) is 18.2 Å². The third-order valence-electron chi connectivity index (χ3n) is 11.6. The van der Waals surface area contributed by atoms with Crippen LogP contribution in [0.5, 0.6) is 11.5 Å². The predicted octanol–water partition coefficient (Wildman–Crippen LogP) is 10.3. The number of fused-ring (bicyclic) bond motifs is 2. The number of hydrogen-bond acceptors (Lipinski definition) is 13. The number of aromatic nitrogens is 2. The molecule has 2 aromatic heterocycles. The molecule has 1 fully saturated rings. The van der Waals surface area contributed by atoms with Crippen LogP contribution < -0.4 is 26.4 Å². The van der Waals surface area contributed by atoms with E-state index in [1.807, 2.05) is 52.0 Å². The quantitative estimate of drug-likeness (QED) is 0.0513. The molecule has 1 aliphatic heterocycles. The Balaban J connectivity index is 0.000000169. The summed E-state index contributed by atoms with van der Waals surface area (Å²) < 4.78 is 141. The molecule has 376 valence electrons. The van der Waals surface area contributed by atoms with Crippen molar-refractivity contribution in [2.75, 3.05) is 0 Å². The maximum absolute atomic E-state index is 14.3. The molecule has 4 N–H and O–H groups in total. The number of rotatable bonds is 12. The highest BCUT2D eigenvalue weighted by Crippen LogP contribution is 2.38. The lowest BCUT2D eigenvalue weighted by Crippen LogP contribution is -2.41. The molecule has 0 bridgehead atoms. The van der Waals surface area contributed by atoms with Crippen LogP contribution in [0.4, 0.5) is 30.7 Å². The molecule has 3 aliphatic rings. The number of ether oxygens (including phenoxy) is 2. The number of thiazole rings is 2. The molecule has 1 saturated heterocycles. The number of allylic oxidation sites excluding steroid dienone is 4. The van der Waals surface area contributed by atoms with Crippen molar-refractivity contribution in [3.05, 3.63) is 129 Å². The molecule has 3 heterocycles. The lowest BCUT2D eigenvalue weighted by Gasteiger charge is -2.32. The number of hydrogen-bond donors (Lipinski definition) is 2. The molecule has 0 spiro atoms. The topological polar surface area (TPSA) is 192 Å².